The fourth-order valence-electron chi connectivity index (χ4n) is 5.30. The number of ether oxygens (including phenoxy) is 4. The Morgan fingerprint density at radius 3 is 2.17 bits per heavy atom. The summed E-state index contributed by atoms with van der Waals surface area (Å²) in [6.45, 7) is 5.21. The van der Waals surface area contributed by atoms with Crippen molar-refractivity contribution in [2.75, 3.05) is 76.2 Å². The number of nitrogens with zero attached hydrogens (tertiary/aromatic N) is 2. The van der Waals surface area contributed by atoms with Crippen molar-refractivity contribution in [1.29, 1.82) is 0 Å². The third kappa shape index (κ3) is 12.3. The number of rotatable bonds is 21. The van der Waals surface area contributed by atoms with Crippen LogP contribution in [0.2, 0.25) is 0 Å². The van der Waals surface area contributed by atoms with Crippen LogP contribution >= 0.6 is 0 Å². The smallest absolute Gasteiger partial charge is 0.305 e. The lowest BCUT2D eigenvalue weighted by atomic mass is 10.0. The first-order chi connectivity index (χ1) is 23.4. The number of benzene rings is 2. The van der Waals surface area contributed by atoms with Gasteiger partial charge in [-0.1, -0.05) is 12.1 Å². The number of hydrogen-bond donors (Lipinski definition) is 3. The van der Waals surface area contributed by atoms with Gasteiger partial charge in [0.2, 0.25) is 5.91 Å². The third-order valence-corrected chi connectivity index (χ3v) is 7.81. The number of hydrogen-bond acceptors (Lipinski definition) is 9. The zero-order chi connectivity index (χ0) is 34.0. The van der Waals surface area contributed by atoms with Crippen molar-refractivity contribution in [2.24, 2.45) is 5.73 Å². The number of primary amides is 1. The van der Waals surface area contributed by atoms with Crippen molar-refractivity contribution in [1.82, 2.24) is 4.98 Å². The number of carbonyl (C=O) groups is 3. The maximum absolute atomic E-state index is 13.4. The van der Waals surface area contributed by atoms with Crippen LogP contribution in [-0.4, -0.2) is 93.8 Å². The van der Waals surface area contributed by atoms with Crippen LogP contribution in [0.15, 0.2) is 60.8 Å². The molecule has 1 aliphatic rings. The van der Waals surface area contributed by atoms with Gasteiger partial charge in [0.05, 0.1) is 64.1 Å². The van der Waals surface area contributed by atoms with E-state index in [4.69, 9.17) is 29.8 Å². The lowest BCUT2D eigenvalue weighted by Gasteiger charge is -2.29. The number of carboxylic acids is 1. The van der Waals surface area contributed by atoms with Gasteiger partial charge in [-0.3, -0.25) is 19.4 Å². The van der Waals surface area contributed by atoms with Crippen molar-refractivity contribution in [3.05, 3.63) is 77.5 Å². The summed E-state index contributed by atoms with van der Waals surface area (Å²) >= 11 is 0. The molecule has 4 N–H and O–H groups in total. The van der Waals surface area contributed by atoms with Gasteiger partial charge in [-0.05, 0) is 80.1 Å². The van der Waals surface area contributed by atoms with Crippen molar-refractivity contribution >= 4 is 29.2 Å². The Morgan fingerprint density at radius 2 is 1.48 bits per heavy atom. The van der Waals surface area contributed by atoms with E-state index >= 15 is 0 Å². The molecule has 1 fully saturated rings. The Balaban J connectivity index is 1.22. The molecule has 0 aliphatic carbocycles. The number of carbonyl (C=O) groups excluding carboxylic acids is 2. The predicted octanol–water partition coefficient (Wildman–Crippen LogP) is 4.56. The number of piperidine rings is 1. The van der Waals surface area contributed by atoms with Crippen LogP contribution in [-0.2, 0) is 30.2 Å². The van der Waals surface area contributed by atoms with Crippen LogP contribution in [0.5, 0.6) is 0 Å². The molecule has 0 unspecified atom stereocenters. The molecule has 2 aromatic carbocycles. The second kappa shape index (κ2) is 20.1. The van der Waals surface area contributed by atoms with E-state index in [9.17, 15) is 14.4 Å². The first-order valence-corrected chi connectivity index (χ1v) is 16.5. The molecule has 2 amide bonds. The molecule has 0 bridgehead atoms. The molecule has 12 nitrogen and oxygen atoms in total. The van der Waals surface area contributed by atoms with Gasteiger partial charge in [0, 0.05) is 48.3 Å². The maximum atomic E-state index is 13.4. The lowest BCUT2D eigenvalue weighted by Crippen LogP contribution is -2.29. The number of nitrogens with two attached hydrogens (primary N) is 1. The summed E-state index contributed by atoms with van der Waals surface area (Å²) in [5.74, 6) is -1.66. The lowest BCUT2D eigenvalue weighted by molar-refractivity contribution is -0.138. The molecule has 1 aliphatic heterocycles. The Kier molecular flexibility index (Phi) is 15.3. The van der Waals surface area contributed by atoms with Crippen molar-refractivity contribution in [3.63, 3.8) is 0 Å². The Morgan fingerprint density at radius 1 is 0.792 bits per heavy atom. The maximum Gasteiger partial charge on any atom is 0.305 e. The number of aryl methyl sites for hydroxylation is 1. The van der Waals surface area contributed by atoms with Crippen molar-refractivity contribution < 1.29 is 38.4 Å². The fourth-order valence-corrected chi connectivity index (χ4v) is 5.30. The molecule has 1 saturated heterocycles. The molecule has 2 heterocycles. The highest BCUT2D eigenvalue weighted by atomic mass is 16.6. The van der Waals surface area contributed by atoms with E-state index in [0.717, 1.165) is 55.6 Å². The molecule has 1 aromatic heterocycles. The van der Waals surface area contributed by atoms with Gasteiger partial charge in [-0.25, -0.2) is 0 Å². The Bertz CT molecular complexity index is 1480. The number of nitrogens with one attached hydrogen (secondary N) is 1. The molecule has 4 rings (SSSR count). The van der Waals surface area contributed by atoms with Crippen LogP contribution in [0.4, 0.5) is 11.4 Å². The highest BCUT2D eigenvalue weighted by molar-refractivity contribution is 6.06. The minimum atomic E-state index is -0.883. The average molecular weight is 663 g/mol. The van der Waals surface area contributed by atoms with E-state index in [0.29, 0.717) is 68.8 Å². The van der Waals surface area contributed by atoms with E-state index in [1.54, 1.807) is 24.4 Å². The quantitative estimate of drug-likeness (QED) is 0.138. The van der Waals surface area contributed by atoms with Gasteiger partial charge in [-0.2, -0.15) is 0 Å². The molecule has 0 radical (unpaired) electrons. The predicted molar refractivity (Wildman–Crippen MR) is 182 cm³/mol. The molecule has 0 spiro atoms. The van der Waals surface area contributed by atoms with Crippen LogP contribution in [0.1, 0.15) is 58.4 Å². The minimum Gasteiger partial charge on any atom is -0.481 e. The summed E-state index contributed by atoms with van der Waals surface area (Å²) in [7, 11) is 0. The molecule has 12 heteroatoms. The Labute approximate surface area is 281 Å². The van der Waals surface area contributed by atoms with Gasteiger partial charge in [0.25, 0.3) is 5.91 Å². The number of anilines is 2. The monoisotopic (exact) mass is 662 g/mol. The highest BCUT2D eigenvalue weighted by Crippen LogP contribution is 2.33. The largest absolute Gasteiger partial charge is 0.481 e. The van der Waals surface area contributed by atoms with E-state index in [-0.39, 0.29) is 18.9 Å². The normalized spacial score (nSPS) is 13.0. The summed E-state index contributed by atoms with van der Waals surface area (Å²) in [6, 6.07) is 16.7. The van der Waals surface area contributed by atoms with Crippen LogP contribution in [0.25, 0.3) is 11.3 Å². The molecular weight excluding hydrogens is 616 g/mol. The fraction of sp³-hybridized carbons (Fsp3) is 0.444. The number of aromatic nitrogens is 1. The van der Waals surface area contributed by atoms with Gasteiger partial charge in [0.1, 0.15) is 0 Å². The summed E-state index contributed by atoms with van der Waals surface area (Å²) in [4.78, 5) is 42.6. The number of aliphatic carboxylic acids is 1. The van der Waals surface area contributed by atoms with Crippen molar-refractivity contribution in [3.8, 4) is 11.3 Å². The summed E-state index contributed by atoms with van der Waals surface area (Å²) < 4.78 is 21.7. The van der Waals surface area contributed by atoms with Crippen LogP contribution < -0.4 is 16.0 Å². The molecule has 0 saturated carbocycles. The SMILES string of the molecule is NC(=O)c1ccnc(-c2cc(N3CCCCC3)ccc2NC(=O)c2cccc(CCCOCCOCCOCCOCCC(=O)O)c2)c1. The first-order valence-electron chi connectivity index (χ1n) is 16.5. The molecular formula is C36H46N4O8. The number of amides is 2. The average Bonchev–Trinajstić information content (AvgIpc) is 3.10. The van der Waals surface area contributed by atoms with Crippen LogP contribution in [0.3, 0.4) is 0 Å². The summed E-state index contributed by atoms with van der Waals surface area (Å²) in [6.07, 6.45) is 6.57. The first kappa shape index (κ1) is 36.5. The summed E-state index contributed by atoms with van der Waals surface area (Å²) in [5, 5.41) is 11.6. The van der Waals surface area contributed by atoms with Crippen molar-refractivity contribution in [2.45, 2.75) is 38.5 Å². The number of carboxylic acid groups (broad SMARTS) is 1. The van der Waals surface area contributed by atoms with Gasteiger partial charge < -0.3 is 40.0 Å². The Hall–Kier alpha value is -4.36. The molecule has 0 atom stereocenters. The van der Waals surface area contributed by atoms with Gasteiger partial charge in [0.15, 0.2) is 0 Å². The van der Waals surface area contributed by atoms with E-state index in [1.165, 1.54) is 6.42 Å². The van der Waals surface area contributed by atoms with Gasteiger partial charge >= 0.3 is 5.97 Å². The zero-order valence-corrected chi connectivity index (χ0v) is 27.4. The second-order valence-corrected chi connectivity index (χ2v) is 11.4. The standard InChI is InChI=1S/C36H46N4O8/c37-35(43)28-11-13-38-33(25-28)31-26-30(40-14-2-1-3-15-40)9-10-32(31)39-36(44)29-8-4-6-27(24-29)7-5-16-45-18-20-47-22-23-48-21-19-46-17-12-34(41)42/h4,6,8-11,13,24-26H,1-3,5,7,12,14-23H2,(H2,37,43)(H,39,44)(H,41,42). The minimum absolute atomic E-state index is 0.0150. The van der Waals surface area contributed by atoms with Crippen LogP contribution in [0, 0.1) is 0 Å². The molecule has 258 valence electrons. The zero-order valence-electron chi connectivity index (χ0n) is 27.4. The van der Waals surface area contributed by atoms with E-state index in [2.05, 4.69) is 15.2 Å². The third-order valence-electron chi connectivity index (χ3n) is 7.81. The number of pyridine rings is 1. The topological polar surface area (TPSA) is 163 Å². The van der Waals surface area contributed by atoms with E-state index in [1.807, 2.05) is 36.4 Å². The van der Waals surface area contributed by atoms with E-state index < -0.39 is 11.9 Å². The highest BCUT2D eigenvalue weighted by Gasteiger charge is 2.17. The molecule has 3 aromatic rings. The molecule has 48 heavy (non-hydrogen) atoms. The van der Waals surface area contributed by atoms with Gasteiger partial charge in [-0.15, -0.1) is 0 Å². The summed E-state index contributed by atoms with van der Waals surface area (Å²) in [5.41, 5.74) is 10.4. The second-order valence-electron chi connectivity index (χ2n) is 11.4.